The smallest absolute Gasteiger partial charge is 0.485 e. The van der Waals surface area contributed by atoms with Crippen LogP contribution in [-0.4, -0.2) is 145 Å². The topological polar surface area (TPSA) is 277 Å². The number of ketones is 1. The predicted molar refractivity (Wildman–Crippen MR) is 347 cm³/mol. The standard InChI is InChI=1S/C14H21N2O3.C12H18NO2.C11H8FNO4.C9H9FO2.C8H7FO.C7H5FO2.2C2H6.CHF3O3S.F6P/c17-12-7-8-13(18)16(12)19-14(11-5-1-2-6-11)15-9-3-4-10-15;1-5-15-12(14)10-6-8-11(9-7-10)13(2,3)4;12-8-3-1-7(2-4-8)11(16)17-13-9(14)5-6-10(13)15;1-2-12-9(11)7-3-5-8(10)6-4-7;1-6(10)7-2-4-8(9)5-3-7;8-6-3-1-5(2-4-6)7(9)10;2*1-2;2-1(3,4)8(5,6)7;1-7(2,3,4,5)6/h11H,1-10H2;6-9H,5H2,1-4H3;1-4H,5-6H2;3-6H,2H2,1H3;2-5H,1H3;1-4H,(H,9,10);2*1-2H3;(H,5,6,7);/q2*+1;;;;;;;;-1/p-1/i;;12-1;10-1;9-1;8-1;;;;. The minimum absolute atomic E-state index is 0.0372. The normalized spacial score (nSPS) is 14.5. The molecule has 0 aromatic heterocycles. The summed E-state index contributed by atoms with van der Waals surface area (Å²) in [6, 6.07) is 27.5. The van der Waals surface area contributed by atoms with Crippen LogP contribution in [0.2, 0.25) is 0 Å². The number of alkyl halides is 3. The first-order chi connectivity index (χ1) is 47.1. The van der Waals surface area contributed by atoms with Crippen LogP contribution in [0.15, 0.2) is 121 Å². The number of hydroxylamine groups is 4. The van der Waals surface area contributed by atoms with E-state index in [1.165, 1.54) is 105 Å². The summed E-state index contributed by atoms with van der Waals surface area (Å²) >= 11 is 0. The predicted octanol–water partition coefficient (Wildman–Crippen LogP) is 15.6. The third-order valence-electron chi connectivity index (χ3n) is 12.7. The van der Waals surface area contributed by atoms with Crippen molar-refractivity contribution in [2.75, 3.05) is 47.4 Å². The summed E-state index contributed by atoms with van der Waals surface area (Å²) in [5.41, 5.74) is -2.80. The van der Waals surface area contributed by atoms with Gasteiger partial charge in [0.25, 0.3) is 23.6 Å². The van der Waals surface area contributed by atoms with Crippen LogP contribution in [0.5, 0.6) is 0 Å². The van der Waals surface area contributed by atoms with Crippen molar-refractivity contribution in [2.45, 2.75) is 118 Å². The van der Waals surface area contributed by atoms with E-state index in [0.29, 0.717) is 40.9 Å². The molecule has 1 N–H and O–H groups in total. The molecule has 0 spiro atoms. The molecule has 102 heavy (non-hydrogen) atoms. The molecule has 21 nitrogen and oxygen atoms in total. The van der Waals surface area contributed by atoms with Crippen LogP contribution in [0.1, 0.15) is 164 Å². The molecule has 5 aromatic rings. The number of hydrogen-bond acceptors (Lipinski definition) is 16. The molecular formula is C66H80F13N4O17PS. The van der Waals surface area contributed by atoms with E-state index in [1.54, 1.807) is 26.0 Å². The van der Waals surface area contributed by atoms with Crippen LogP contribution < -0.4 is 4.48 Å². The largest absolute Gasteiger partial charge is 0.741 e. The first-order valence-corrected chi connectivity index (χ1v) is 34.4. The number of halogens is 13. The van der Waals surface area contributed by atoms with Crippen molar-refractivity contribution < 1.29 is 141 Å². The van der Waals surface area contributed by atoms with Gasteiger partial charge in [-0.2, -0.15) is 13.2 Å². The SMILES string of the molecule is CC.CC.CC(=O)c1ccc([18F])cc1.CCOC(=O)c1ccc([18F])cc1.CCOC(=O)c1ccc([N+](C)(C)C)cc1.F[P-](F)(F)(F)(F)F.O=C(O)c1ccc([18F])cc1.O=C(ON1C(=O)CCC1=O)c1ccc([18F])cc1.O=C1CCC(=O)N1OC(C1CCCC1)=[N+]1CCCC1.O=S(=O)([O-])C(F)(F)F. The number of carboxylic acid groups (broad SMARTS) is 1. The molecule has 3 heterocycles. The maximum absolute atomic E-state index is 12.6. The van der Waals surface area contributed by atoms with E-state index in [4.69, 9.17) is 32.4 Å². The monoisotopic (exact) mass is 1510 g/mol. The van der Waals surface area contributed by atoms with Crippen LogP contribution in [-0.2, 0) is 48.4 Å². The molecule has 0 atom stereocenters. The Bertz CT molecular complexity index is 3590. The van der Waals surface area contributed by atoms with Gasteiger partial charge in [0.1, 0.15) is 42.0 Å². The van der Waals surface area contributed by atoms with Gasteiger partial charge in [-0.05, 0) is 155 Å². The minimum atomic E-state index is -10.7. The zero-order chi connectivity index (χ0) is 78.6. The number of imide groups is 2. The second-order valence-corrected chi connectivity index (χ2v) is 24.7. The molecule has 4 amide bonds. The summed E-state index contributed by atoms with van der Waals surface area (Å²) in [5.74, 6) is -4.45. The zero-order valence-corrected chi connectivity index (χ0v) is 58.8. The quantitative estimate of drug-likeness (QED) is 0.0123. The van der Waals surface area contributed by atoms with Gasteiger partial charge in [0, 0.05) is 44.1 Å². The average Bonchev–Trinajstić information content (AvgIpc) is 1.01. The summed E-state index contributed by atoms with van der Waals surface area (Å²) in [6.45, 7) is 15.7. The summed E-state index contributed by atoms with van der Waals surface area (Å²) in [5, 5.41) is 9.81. The molecule has 3 aliphatic heterocycles. The van der Waals surface area contributed by atoms with Crippen molar-refractivity contribution >= 4 is 82.8 Å². The Balaban J connectivity index is 0.00000116. The Labute approximate surface area is 580 Å². The average molecular weight is 1510 g/mol. The molecule has 0 radical (unpaired) electrons. The van der Waals surface area contributed by atoms with Gasteiger partial charge < -0.3 is 28.8 Å². The fraction of sp³-hybridized carbons (Fsp3) is 0.394. The van der Waals surface area contributed by atoms with Crippen LogP contribution in [0.25, 0.3) is 0 Å². The molecule has 1 saturated carbocycles. The number of hydrogen-bond donors (Lipinski definition) is 1. The molecule has 0 unspecified atom stereocenters. The number of amides is 4. The number of carbonyl (C=O) groups excluding carboxylic acids is 8. The Hall–Kier alpha value is -9.21. The number of ether oxygens (including phenoxy) is 2. The van der Waals surface area contributed by atoms with E-state index in [1.807, 2.05) is 39.8 Å². The van der Waals surface area contributed by atoms with Gasteiger partial charge in [0.05, 0.1) is 62.5 Å². The summed E-state index contributed by atoms with van der Waals surface area (Å²) in [4.78, 5) is 111. The van der Waals surface area contributed by atoms with E-state index in [2.05, 4.69) is 30.6 Å². The van der Waals surface area contributed by atoms with Gasteiger partial charge >= 0.3 is 68.3 Å². The van der Waals surface area contributed by atoms with Crippen LogP contribution >= 0.6 is 7.81 Å². The van der Waals surface area contributed by atoms with E-state index in [-0.39, 0.29) is 72.0 Å². The van der Waals surface area contributed by atoms with Crippen molar-refractivity contribution in [1.29, 1.82) is 0 Å². The summed E-state index contributed by atoms with van der Waals surface area (Å²) < 4.78 is 180. The first kappa shape index (κ1) is 92.8. The van der Waals surface area contributed by atoms with Crippen molar-refractivity contribution in [1.82, 2.24) is 14.6 Å². The number of Topliss-reactive ketones (excluding diaryl/α,β-unsaturated/α-hetero) is 1. The fourth-order valence-electron chi connectivity index (χ4n) is 7.97. The van der Waals surface area contributed by atoms with E-state index in [9.17, 15) is 99.1 Å². The fourth-order valence-corrected chi connectivity index (χ4v) is 7.97. The zero-order valence-electron chi connectivity index (χ0n) is 57.1. The van der Waals surface area contributed by atoms with Gasteiger partial charge in [0.2, 0.25) is 0 Å². The maximum atomic E-state index is 12.6. The Morgan fingerprint density at radius 3 is 1.07 bits per heavy atom. The number of quaternary nitrogens is 1. The number of esters is 2. The Morgan fingerprint density at radius 2 is 0.794 bits per heavy atom. The van der Waals surface area contributed by atoms with Gasteiger partial charge in [-0.25, -0.2) is 49.7 Å². The number of aromatic carboxylic acids is 1. The second-order valence-electron chi connectivity index (χ2n) is 21.4. The summed E-state index contributed by atoms with van der Waals surface area (Å²) in [7, 11) is -10.5. The van der Waals surface area contributed by atoms with Crippen molar-refractivity contribution in [2.24, 2.45) is 5.92 Å². The maximum Gasteiger partial charge on any atom is 0.485 e. The molecule has 4 fully saturated rings. The Morgan fingerprint density at radius 1 is 0.520 bits per heavy atom. The Kier molecular flexibility index (Phi) is 38.5. The number of benzene rings is 5. The van der Waals surface area contributed by atoms with Crippen molar-refractivity contribution in [3.63, 3.8) is 0 Å². The van der Waals surface area contributed by atoms with Gasteiger partial charge in [-0.1, -0.05) is 40.5 Å². The van der Waals surface area contributed by atoms with Crippen LogP contribution in [0.3, 0.4) is 0 Å². The number of carboxylic acids is 1. The molecule has 36 heteroatoms. The summed E-state index contributed by atoms with van der Waals surface area (Å²) in [6.07, 6.45) is 7.65. The van der Waals surface area contributed by atoms with E-state index < -0.39 is 64.8 Å². The molecule has 4 aliphatic rings. The second kappa shape index (κ2) is 42.3. The molecular weight excluding hydrogens is 1430 g/mol. The molecule has 1 aliphatic carbocycles. The first-order valence-electron chi connectivity index (χ1n) is 31.0. The van der Waals surface area contributed by atoms with E-state index >= 15 is 0 Å². The number of nitrogens with zero attached hydrogens (tertiary/aromatic N) is 4. The molecule has 9 rings (SSSR count). The van der Waals surface area contributed by atoms with Crippen molar-refractivity contribution in [3.8, 4) is 0 Å². The molecule has 568 valence electrons. The molecule has 5 aromatic carbocycles. The van der Waals surface area contributed by atoms with Crippen LogP contribution in [0.4, 0.5) is 61.6 Å². The van der Waals surface area contributed by atoms with Crippen LogP contribution in [0, 0.1) is 29.2 Å². The minimum Gasteiger partial charge on any atom is -0.741 e. The number of rotatable bonds is 11. The third kappa shape index (κ3) is 38.6. The van der Waals surface area contributed by atoms with E-state index in [0.717, 1.165) is 71.3 Å². The number of carbonyl (C=O) groups is 9. The van der Waals surface area contributed by atoms with Gasteiger partial charge in [-0.3, -0.25) is 28.5 Å². The molecule has 0 bridgehead atoms. The molecule has 3 saturated heterocycles. The van der Waals surface area contributed by atoms with Crippen molar-refractivity contribution in [3.05, 3.63) is 172 Å². The van der Waals surface area contributed by atoms with Gasteiger partial charge in [0.15, 0.2) is 15.9 Å². The van der Waals surface area contributed by atoms with Gasteiger partial charge in [-0.15, -0.1) is 10.1 Å². The third-order valence-corrected chi connectivity index (χ3v) is 13.3.